The van der Waals surface area contributed by atoms with E-state index in [4.69, 9.17) is 15.2 Å². The fourth-order valence-corrected chi connectivity index (χ4v) is 3.00. The molecule has 0 saturated heterocycles. The van der Waals surface area contributed by atoms with Crippen LogP contribution in [0.1, 0.15) is 6.92 Å². The first-order chi connectivity index (χ1) is 9.41. The summed E-state index contributed by atoms with van der Waals surface area (Å²) in [4.78, 5) is 0.201. The van der Waals surface area contributed by atoms with Crippen molar-refractivity contribution < 1.29 is 17.9 Å². The molecule has 6 heteroatoms. The Morgan fingerprint density at radius 2 is 1.80 bits per heavy atom. The molecule has 0 spiro atoms. The number of fused-ring (bicyclic) bond motifs is 1. The molecular weight excluding hydrogens is 278 g/mol. The normalized spacial score (nSPS) is 13.2. The van der Waals surface area contributed by atoms with Gasteiger partial charge in [-0.3, -0.25) is 0 Å². The van der Waals surface area contributed by atoms with E-state index >= 15 is 0 Å². The second-order valence-corrected chi connectivity index (χ2v) is 6.74. The van der Waals surface area contributed by atoms with E-state index in [1.54, 1.807) is 38.5 Å². The van der Waals surface area contributed by atoms with E-state index in [0.29, 0.717) is 11.5 Å². The van der Waals surface area contributed by atoms with Crippen molar-refractivity contribution in [3.05, 3.63) is 30.3 Å². The van der Waals surface area contributed by atoms with Gasteiger partial charge in [-0.05, 0) is 36.6 Å². The van der Waals surface area contributed by atoms with Gasteiger partial charge >= 0.3 is 0 Å². The van der Waals surface area contributed by atoms with Crippen molar-refractivity contribution in [1.82, 2.24) is 0 Å². The van der Waals surface area contributed by atoms with Crippen LogP contribution < -0.4 is 15.2 Å². The van der Waals surface area contributed by atoms with Crippen molar-refractivity contribution in [1.29, 1.82) is 0 Å². The molecule has 0 aliphatic carbocycles. The highest BCUT2D eigenvalue weighted by molar-refractivity contribution is 7.92. The lowest BCUT2D eigenvalue weighted by Crippen LogP contribution is -2.26. The Labute approximate surface area is 118 Å². The van der Waals surface area contributed by atoms with E-state index in [0.717, 1.165) is 10.8 Å². The summed E-state index contributed by atoms with van der Waals surface area (Å²) in [6.07, 6.45) is 0. The van der Waals surface area contributed by atoms with Gasteiger partial charge < -0.3 is 15.2 Å². The molecule has 2 N–H and O–H groups in total. The Balaban J connectivity index is 2.69. The minimum Gasteiger partial charge on any atom is -0.493 e. The van der Waals surface area contributed by atoms with Crippen molar-refractivity contribution in [2.45, 2.75) is 17.2 Å². The first kappa shape index (κ1) is 14.6. The molecule has 2 aromatic rings. The van der Waals surface area contributed by atoms with Gasteiger partial charge in [0.05, 0.1) is 19.1 Å². The largest absolute Gasteiger partial charge is 0.493 e. The lowest BCUT2D eigenvalue weighted by atomic mass is 10.1. The molecule has 0 fully saturated rings. The van der Waals surface area contributed by atoms with Crippen molar-refractivity contribution in [3.8, 4) is 11.5 Å². The average molecular weight is 295 g/mol. The molecular formula is C14H17NO4S. The molecule has 2 aromatic carbocycles. The predicted molar refractivity (Wildman–Crippen MR) is 77.9 cm³/mol. The highest BCUT2D eigenvalue weighted by Gasteiger charge is 2.20. The van der Waals surface area contributed by atoms with Crippen LogP contribution in [-0.2, 0) is 9.84 Å². The Bertz CT molecular complexity index is 738. The van der Waals surface area contributed by atoms with Gasteiger partial charge in [0.25, 0.3) is 0 Å². The number of sulfone groups is 1. The lowest BCUT2D eigenvalue weighted by molar-refractivity contribution is 0.358. The third kappa shape index (κ3) is 2.32. The van der Waals surface area contributed by atoms with Gasteiger partial charge in [-0.25, -0.2) is 8.42 Å². The van der Waals surface area contributed by atoms with Gasteiger partial charge in [0, 0.05) is 5.39 Å². The quantitative estimate of drug-likeness (QED) is 0.932. The van der Waals surface area contributed by atoms with Crippen LogP contribution >= 0.6 is 0 Å². The highest BCUT2D eigenvalue weighted by Crippen LogP contribution is 2.36. The number of methoxy groups -OCH3 is 2. The van der Waals surface area contributed by atoms with Gasteiger partial charge in [-0.2, -0.15) is 0 Å². The van der Waals surface area contributed by atoms with Gasteiger partial charge in [-0.15, -0.1) is 0 Å². The number of nitrogens with two attached hydrogens (primary N) is 1. The van der Waals surface area contributed by atoms with Crippen LogP contribution in [0.2, 0.25) is 0 Å². The number of hydrogen-bond acceptors (Lipinski definition) is 5. The highest BCUT2D eigenvalue weighted by atomic mass is 32.2. The van der Waals surface area contributed by atoms with Gasteiger partial charge in [0.1, 0.15) is 5.37 Å². The first-order valence-corrected chi connectivity index (χ1v) is 7.60. The third-order valence-electron chi connectivity index (χ3n) is 3.15. The lowest BCUT2D eigenvalue weighted by Gasteiger charge is -2.12. The number of ether oxygens (including phenoxy) is 2. The minimum absolute atomic E-state index is 0.201. The standard InChI is InChI=1S/C14H17NO4S/c1-9(15)20(16,17)11-5-6-12-10(8-11)4-7-13(18-2)14(12)19-3/h4-9H,15H2,1-3H3. The maximum absolute atomic E-state index is 12.1. The topological polar surface area (TPSA) is 78.6 Å². The van der Waals surface area contributed by atoms with Crippen LogP contribution in [0.25, 0.3) is 10.8 Å². The van der Waals surface area contributed by atoms with E-state index in [9.17, 15) is 8.42 Å². The molecule has 0 aliphatic rings. The fourth-order valence-electron chi connectivity index (χ4n) is 2.02. The fraction of sp³-hybridized carbons (Fsp3) is 0.286. The van der Waals surface area contributed by atoms with Crippen molar-refractivity contribution in [3.63, 3.8) is 0 Å². The SMILES string of the molecule is COc1ccc2cc(S(=O)(=O)C(C)N)ccc2c1OC. The molecule has 0 saturated carbocycles. The Hall–Kier alpha value is -1.79. The molecule has 20 heavy (non-hydrogen) atoms. The average Bonchev–Trinajstić information content (AvgIpc) is 2.44. The molecule has 1 unspecified atom stereocenters. The van der Waals surface area contributed by atoms with E-state index in [1.807, 2.05) is 0 Å². The third-order valence-corrected chi connectivity index (χ3v) is 5.04. The summed E-state index contributed by atoms with van der Waals surface area (Å²) >= 11 is 0. The molecule has 0 aromatic heterocycles. The molecule has 0 amide bonds. The summed E-state index contributed by atoms with van der Waals surface area (Å²) < 4.78 is 34.7. The van der Waals surface area contributed by atoms with Gasteiger partial charge in [0.2, 0.25) is 0 Å². The van der Waals surface area contributed by atoms with Crippen molar-refractivity contribution in [2.75, 3.05) is 14.2 Å². The Kier molecular flexibility index (Phi) is 3.87. The van der Waals surface area contributed by atoms with Gasteiger partial charge in [0.15, 0.2) is 21.3 Å². The van der Waals surface area contributed by atoms with Crippen molar-refractivity contribution >= 4 is 20.6 Å². The molecule has 0 radical (unpaired) electrons. The van der Waals surface area contributed by atoms with E-state index in [2.05, 4.69) is 0 Å². The molecule has 0 bridgehead atoms. The van der Waals surface area contributed by atoms with Crippen LogP contribution in [0.5, 0.6) is 11.5 Å². The number of rotatable bonds is 4. The minimum atomic E-state index is -3.50. The van der Waals surface area contributed by atoms with Crippen LogP contribution in [0, 0.1) is 0 Å². The molecule has 1 atom stereocenters. The van der Waals surface area contributed by atoms with Crippen LogP contribution in [0.4, 0.5) is 0 Å². The van der Waals surface area contributed by atoms with Crippen LogP contribution in [-0.4, -0.2) is 28.0 Å². The van der Waals surface area contributed by atoms with Gasteiger partial charge in [-0.1, -0.05) is 6.07 Å². The molecule has 5 nitrogen and oxygen atoms in total. The first-order valence-electron chi connectivity index (χ1n) is 6.06. The summed E-state index contributed by atoms with van der Waals surface area (Å²) in [7, 11) is -0.398. The number of benzene rings is 2. The van der Waals surface area contributed by atoms with Crippen LogP contribution in [0.3, 0.4) is 0 Å². The zero-order chi connectivity index (χ0) is 14.9. The summed E-state index contributed by atoms with van der Waals surface area (Å²) in [6, 6.07) is 8.35. The van der Waals surface area contributed by atoms with E-state index in [1.165, 1.54) is 13.0 Å². The maximum atomic E-state index is 12.1. The smallest absolute Gasteiger partial charge is 0.193 e. The summed E-state index contributed by atoms with van der Waals surface area (Å²) in [5, 5.41) is 0.597. The zero-order valence-electron chi connectivity index (χ0n) is 11.6. The molecule has 108 valence electrons. The second-order valence-electron chi connectivity index (χ2n) is 4.43. The molecule has 0 heterocycles. The second kappa shape index (κ2) is 5.30. The summed E-state index contributed by atoms with van der Waals surface area (Å²) in [6.45, 7) is 1.45. The molecule has 2 rings (SSSR count). The van der Waals surface area contributed by atoms with E-state index < -0.39 is 15.2 Å². The van der Waals surface area contributed by atoms with Crippen LogP contribution in [0.15, 0.2) is 35.2 Å². The Morgan fingerprint density at radius 1 is 1.10 bits per heavy atom. The zero-order valence-corrected chi connectivity index (χ0v) is 12.4. The monoisotopic (exact) mass is 295 g/mol. The summed E-state index contributed by atoms with van der Waals surface area (Å²) in [5.74, 6) is 1.18. The summed E-state index contributed by atoms with van der Waals surface area (Å²) in [5.41, 5.74) is 5.52. The number of hydrogen-bond donors (Lipinski definition) is 1. The molecule has 0 aliphatic heterocycles. The Morgan fingerprint density at radius 3 is 2.35 bits per heavy atom. The van der Waals surface area contributed by atoms with E-state index in [-0.39, 0.29) is 4.90 Å². The maximum Gasteiger partial charge on any atom is 0.193 e. The predicted octanol–water partition coefficient (Wildman–Crippen LogP) is 1.94. The van der Waals surface area contributed by atoms with Crippen molar-refractivity contribution in [2.24, 2.45) is 5.73 Å².